The molecule has 32 heavy (non-hydrogen) atoms. The molecule has 2 heterocycles. The van der Waals surface area contributed by atoms with Gasteiger partial charge in [0.25, 0.3) is 0 Å². The van der Waals surface area contributed by atoms with Crippen LogP contribution in [0.3, 0.4) is 0 Å². The van der Waals surface area contributed by atoms with E-state index < -0.39 is 0 Å². The lowest BCUT2D eigenvalue weighted by molar-refractivity contribution is -0.657. The predicted octanol–water partition coefficient (Wildman–Crippen LogP) is 5.01. The van der Waals surface area contributed by atoms with Crippen molar-refractivity contribution in [3.05, 3.63) is 84.4 Å². The summed E-state index contributed by atoms with van der Waals surface area (Å²) in [6.07, 6.45) is 11.9. The molecule has 2 aromatic carbocycles. The minimum atomic E-state index is 0.787. The fraction of sp³-hybridized carbons (Fsp3) is 0.167. The number of aryl methyl sites for hydroxylation is 4. The molecule has 8 nitrogen and oxygen atoms in total. The predicted molar refractivity (Wildman–Crippen MR) is 123 cm³/mol. The Kier molecular flexibility index (Phi) is 6.12. The molecule has 8 heteroatoms. The lowest BCUT2D eigenvalue weighted by Gasteiger charge is -1.96. The summed E-state index contributed by atoms with van der Waals surface area (Å²) >= 11 is 0. The molecule has 160 valence electrons. The van der Waals surface area contributed by atoms with Gasteiger partial charge in [-0.1, -0.05) is 46.6 Å². The van der Waals surface area contributed by atoms with E-state index in [-0.39, 0.29) is 0 Å². The van der Waals surface area contributed by atoms with Crippen LogP contribution in [0.5, 0.6) is 0 Å². The van der Waals surface area contributed by atoms with Crippen LogP contribution in [0.2, 0.25) is 0 Å². The maximum Gasteiger partial charge on any atom is 0.421 e. The third-order valence-corrected chi connectivity index (χ3v) is 5.05. The Bertz CT molecular complexity index is 1150. The summed E-state index contributed by atoms with van der Waals surface area (Å²) in [7, 11) is 7.78. The SMILES string of the molecule is Cn1cc[n+](C)c1N=Nc1ccc(/C=C/c2ccc(N=Nc3n(C)cc[n+]3C)cc2)cc1. The van der Waals surface area contributed by atoms with Gasteiger partial charge >= 0.3 is 11.9 Å². The van der Waals surface area contributed by atoms with Crippen molar-refractivity contribution in [2.45, 2.75) is 0 Å². The second-order valence-corrected chi connectivity index (χ2v) is 7.56. The van der Waals surface area contributed by atoms with E-state index in [2.05, 4.69) is 32.6 Å². The van der Waals surface area contributed by atoms with E-state index in [1.807, 2.05) is 120 Å². The largest absolute Gasteiger partial charge is 0.421 e. The molecule has 4 aromatic rings. The van der Waals surface area contributed by atoms with Crippen LogP contribution < -0.4 is 9.13 Å². The highest BCUT2D eigenvalue weighted by molar-refractivity contribution is 5.70. The number of azo groups is 2. The average molecular weight is 427 g/mol. The van der Waals surface area contributed by atoms with Crippen molar-refractivity contribution < 1.29 is 9.13 Å². The molecule has 0 spiro atoms. The van der Waals surface area contributed by atoms with Gasteiger partial charge in [-0.2, -0.15) is 0 Å². The van der Waals surface area contributed by atoms with Crippen molar-refractivity contribution in [1.29, 1.82) is 0 Å². The number of rotatable bonds is 6. The molecule has 0 amide bonds. The number of hydrogen-bond donors (Lipinski definition) is 0. The lowest BCUT2D eigenvalue weighted by Crippen LogP contribution is -2.25. The molecule has 2 aromatic heterocycles. The minimum Gasteiger partial charge on any atom is -0.233 e. The molecule has 0 saturated carbocycles. The number of nitrogens with zero attached hydrogens (tertiary/aromatic N) is 8. The molecule has 0 radical (unpaired) electrons. The molecule has 0 bridgehead atoms. The molecule has 0 unspecified atom stereocenters. The maximum absolute atomic E-state index is 4.32. The molecular formula is C24H26N8+2. The molecular weight excluding hydrogens is 400 g/mol. The molecule has 4 rings (SSSR count). The summed E-state index contributed by atoms with van der Waals surface area (Å²) in [5.41, 5.74) is 3.80. The van der Waals surface area contributed by atoms with Gasteiger partial charge in [-0.25, -0.2) is 18.3 Å². The first-order chi connectivity index (χ1) is 15.5. The van der Waals surface area contributed by atoms with E-state index in [1.165, 1.54) is 0 Å². The van der Waals surface area contributed by atoms with Crippen molar-refractivity contribution in [3.63, 3.8) is 0 Å². The quantitative estimate of drug-likeness (QED) is 0.236. The van der Waals surface area contributed by atoms with Crippen LogP contribution in [0.15, 0.2) is 93.8 Å². The molecule has 0 aliphatic rings. The van der Waals surface area contributed by atoms with Crippen LogP contribution in [0.1, 0.15) is 11.1 Å². The van der Waals surface area contributed by atoms with Crippen molar-refractivity contribution in [2.75, 3.05) is 0 Å². The zero-order chi connectivity index (χ0) is 22.5. The normalized spacial score (nSPS) is 12.0. The Labute approximate surface area is 187 Å². The highest BCUT2D eigenvalue weighted by Crippen LogP contribution is 2.20. The van der Waals surface area contributed by atoms with Crippen LogP contribution in [-0.2, 0) is 28.2 Å². The second kappa shape index (κ2) is 9.30. The second-order valence-electron chi connectivity index (χ2n) is 7.56. The van der Waals surface area contributed by atoms with Crippen LogP contribution in [0, 0.1) is 0 Å². The fourth-order valence-corrected chi connectivity index (χ4v) is 3.15. The maximum atomic E-state index is 4.32. The molecule has 0 atom stereocenters. The summed E-state index contributed by atoms with van der Waals surface area (Å²) in [6.45, 7) is 0. The van der Waals surface area contributed by atoms with Gasteiger partial charge in [0.15, 0.2) is 0 Å². The van der Waals surface area contributed by atoms with Gasteiger partial charge in [0.2, 0.25) is 0 Å². The number of imidazole rings is 2. The first kappa shape index (κ1) is 21.0. The van der Waals surface area contributed by atoms with Gasteiger partial charge in [-0.3, -0.25) is 0 Å². The highest BCUT2D eigenvalue weighted by atomic mass is 15.3. The van der Waals surface area contributed by atoms with E-state index in [0.29, 0.717) is 0 Å². The van der Waals surface area contributed by atoms with Crippen molar-refractivity contribution >= 4 is 35.4 Å². The summed E-state index contributed by atoms with van der Waals surface area (Å²) in [5.74, 6) is 1.57. The zero-order valence-corrected chi connectivity index (χ0v) is 18.7. The summed E-state index contributed by atoms with van der Waals surface area (Å²) in [6, 6.07) is 15.9. The van der Waals surface area contributed by atoms with E-state index in [0.717, 1.165) is 34.4 Å². The molecule has 0 aliphatic carbocycles. The monoisotopic (exact) mass is 426 g/mol. The van der Waals surface area contributed by atoms with E-state index >= 15 is 0 Å². The van der Waals surface area contributed by atoms with Crippen LogP contribution >= 0.6 is 0 Å². The van der Waals surface area contributed by atoms with Crippen LogP contribution in [-0.4, -0.2) is 9.13 Å². The topological polar surface area (TPSA) is 67.1 Å². The van der Waals surface area contributed by atoms with Gasteiger partial charge in [0, 0.05) is 10.2 Å². The Hall–Kier alpha value is -4.20. The molecule has 0 N–H and O–H groups in total. The molecule has 0 aliphatic heterocycles. The van der Waals surface area contributed by atoms with E-state index in [1.54, 1.807) is 0 Å². The lowest BCUT2D eigenvalue weighted by atomic mass is 10.1. The summed E-state index contributed by atoms with van der Waals surface area (Å²) < 4.78 is 7.70. The van der Waals surface area contributed by atoms with E-state index in [4.69, 9.17) is 0 Å². The standard InChI is InChI=1S/C24H26N8/c1-29-15-16-30(2)23(29)27-25-21-11-7-19(8-12-21)5-6-20-9-13-22(14-10-20)26-28-24-31(3)17-18-32(24)4/h5-18H,1-4H3/q+2. The Morgan fingerprint density at radius 2 is 0.969 bits per heavy atom. The molecule has 0 fully saturated rings. The summed E-state index contributed by atoms with van der Waals surface area (Å²) in [5, 5.41) is 17.3. The third kappa shape index (κ3) is 4.92. The van der Waals surface area contributed by atoms with E-state index in [9.17, 15) is 0 Å². The average Bonchev–Trinajstić information content (AvgIpc) is 3.30. The number of benzene rings is 2. The number of aromatic nitrogens is 4. The van der Waals surface area contributed by atoms with Gasteiger partial charge in [0.05, 0.1) is 53.0 Å². The number of hydrogen-bond acceptors (Lipinski definition) is 4. The molecule has 0 saturated heterocycles. The van der Waals surface area contributed by atoms with Crippen molar-refractivity contribution in [1.82, 2.24) is 9.13 Å². The van der Waals surface area contributed by atoms with Crippen LogP contribution in [0.4, 0.5) is 23.3 Å². The Morgan fingerprint density at radius 3 is 1.28 bits per heavy atom. The smallest absolute Gasteiger partial charge is 0.233 e. The van der Waals surface area contributed by atoms with Crippen LogP contribution in [0.25, 0.3) is 12.2 Å². The summed E-state index contributed by atoms with van der Waals surface area (Å²) in [4.78, 5) is 0. The van der Waals surface area contributed by atoms with Gasteiger partial charge in [0.1, 0.15) is 11.4 Å². The van der Waals surface area contributed by atoms with Gasteiger partial charge < -0.3 is 0 Å². The minimum absolute atomic E-state index is 0.787. The Morgan fingerprint density at radius 1 is 0.594 bits per heavy atom. The first-order valence-corrected chi connectivity index (χ1v) is 10.2. The van der Waals surface area contributed by atoms with Crippen molar-refractivity contribution in [3.8, 4) is 0 Å². The van der Waals surface area contributed by atoms with Gasteiger partial charge in [-0.05, 0) is 35.4 Å². The highest BCUT2D eigenvalue weighted by Gasteiger charge is 2.11. The fourth-order valence-electron chi connectivity index (χ4n) is 3.15. The van der Waals surface area contributed by atoms with Gasteiger partial charge in [-0.15, -0.1) is 0 Å². The third-order valence-electron chi connectivity index (χ3n) is 5.05. The Balaban J connectivity index is 1.39. The van der Waals surface area contributed by atoms with Crippen molar-refractivity contribution in [2.24, 2.45) is 48.6 Å². The first-order valence-electron chi connectivity index (χ1n) is 10.2. The zero-order valence-electron chi connectivity index (χ0n) is 18.7.